The first-order valence-corrected chi connectivity index (χ1v) is 6.75. The summed E-state index contributed by atoms with van der Waals surface area (Å²) in [6, 6.07) is 0. The minimum atomic E-state index is -0.579. The third-order valence-corrected chi connectivity index (χ3v) is 5.31. The molecular formula is C15H20O3. The van der Waals surface area contributed by atoms with E-state index in [9.17, 15) is 9.90 Å². The number of ether oxygens (including phenoxy) is 1. The molecule has 0 bridgehead atoms. The van der Waals surface area contributed by atoms with Gasteiger partial charge in [0.15, 0.2) is 0 Å². The topological polar surface area (TPSA) is 46.5 Å². The van der Waals surface area contributed by atoms with Gasteiger partial charge in [0, 0.05) is 23.0 Å². The summed E-state index contributed by atoms with van der Waals surface area (Å²) >= 11 is 0. The quantitative estimate of drug-likeness (QED) is 0.529. The third kappa shape index (κ3) is 1.31. The molecule has 1 aliphatic heterocycles. The van der Waals surface area contributed by atoms with Crippen LogP contribution in [0.4, 0.5) is 0 Å². The molecule has 4 atom stereocenters. The zero-order chi connectivity index (χ0) is 13.1. The number of hydrogen-bond acceptors (Lipinski definition) is 3. The van der Waals surface area contributed by atoms with Crippen LogP contribution in [-0.4, -0.2) is 23.3 Å². The lowest BCUT2D eigenvalue weighted by molar-refractivity contribution is -0.140. The molecule has 1 saturated carbocycles. The maximum atomic E-state index is 11.7. The molecule has 0 saturated heterocycles. The standard InChI is InChI=1S/C15H20O3/c1-8-5-4-6-10-7-11-12(9(2)14(17)18-11)13(16)15(8,10)3/h6,8,11,13,16H,4-5,7H2,1-3H3/t8-,11+,13+,15+/m0/s1. The molecule has 0 unspecified atom stereocenters. The SMILES string of the molecule is CC1=C2[C@@H](O)[C@@]3(C)C(=CCC[C@@H]3C)C[C@H]2OC1=O. The average molecular weight is 248 g/mol. The second-order valence-corrected chi connectivity index (χ2v) is 6.07. The van der Waals surface area contributed by atoms with E-state index in [1.54, 1.807) is 6.92 Å². The van der Waals surface area contributed by atoms with E-state index in [2.05, 4.69) is 19.9 Å². The summed E-state index contributed by atoms with van der Waals surface area (Å²) in [6.45, 7) is 6.10. The summed E-state index contributed by atoms with van der Waals surface area (Å²) in [4.78, 5) is 11.7. The molecule has 1 N–H and O–H groups in total. The van der Waals surface area contributed by atoms with Gasteiger partial charge in [-0.2, -0.15) is 0 Å². The number of aliphatic hydroxyl groups is 1. The number of rotatable bonds is 0. The van der Waals surface area contributed by atoms with Crippen LogP contribution in [-0.2, 0) is 9.53 Å². The fourth-order valence-electron chi connectivity index (χ4n) is 3.79. The second-order valence-electron chi connectivity index (χ2n) is 6.07. The van der Waals surface area contributed by atoms with Crippen LogP contribution in [0, 0.1) is 11.3 Å². The van der Waals surface area contributed by atoms with E-state index in [1.165, 1.54) is 5.57 Å². The first-order chi connectivity index (χ1) is 8.46. The maximum absolute atomic E-state index is 11.7. The predicted molar refractivity (Wildman–Crippen MR) is 67.8 cm³/mol. The lowest BCUT2D eigenvalue weighted by Gasteiger charge is -2.49. The van der Waals surface area contributed by atoms with Crippen LogP contribution in [0.2, 0.25) is 0 Å². The Bertz CT molecular complexity index is 474. The Morgan fingerprint density at radius 3 is 2.94 bits per heavy atom. The molecular weight excluding hydrogens is 228 g/mol. The fraction of sp³-hybridized carbons (Fsp3) is 0.667. The van der Waals surface area contributed by atoms with Gasteiger partial charge in [0.1, 0.15) is 6.10 Å². The predicted octanol–water partition coefficient (Wildman–Crippen LogP) is 2.36. The number of aliphatic hydroxyl groups excluding tert-OH is 1. The number of carbonyl (C=O) groups excluding carboxylic acids is 1. The summed E-state index contributed by atoms with van der Waals surface area (Å²) < 4.78 is 5.36. The van der Waals surface area contributed by atoms with E-state index in [0.717, 1.165) is 24.8 Å². The molecule has 3 aliphatic rings. The van der Waals surface area contributed by atoms with Crippen LogP contribution in [0.25, 0.3) is 0 Å². The van der Waals surface area contributed by atoms with Gasteiger partial charge in [0.25, 0.3) is 0 Å². The summed E-state index contributed by atoms with van der Waals surface area (Å²) in [7, 11) is 0. The van der Waals surface area contributed by atoms with Crippen molar-refractivity contribution in [3.63, 3.8) is 0 Å². The highest BCUT2D eigenvalue weighted by molar-refractivity contribution is 5.92. The van der Waals surface area contributed by atoms with Gasteiger partial charge in [-0.25, -0.2) is 4.79 Å². The molecule has 0 spiro atoms. The molecule has 1 heterocycles. The van der Waals surface area contributed by atoms with Gasteiger partial charge in [-0.15, -0.1) is 0 Å². The van der Waals surface area contributed by atoms with Crippen molar-refractivity contribution in [1.82, 2.24) is 0 Å². The van der Waals surface area contributed by atoms with Gasteiger partial charge < -0.3 is 9.84 Å². The van der Waals surface area contributed by atoms with Gasteiger partial charge >= 0.3 is 5.97 Å². The van der Waals surface area contributed by atoms with Crippen molar-refractivity contribution in [2.45, 2.75) is 52.2 Å². The molecule has 1 fully saturated rings. The molecule has 0 aromatic rings. The van der Waals surface area contributed by atoms with Crippen LogP contribution < -0.4 is 0 Å². The van der Waals surface area contributed by atoms with Gasteiger partial charge in [0.2, 0.25) is 0 Å². The van der Waals surface area contributed by atoms with Crippen molar-refractivity contribution in [3.8, 4) is 0 Å². The lowest BCUT2D eigenvalue weighted by atomic mass is 9.57. The molecule has 98 valence electrons. The van der Waals surface area contributed by atoms with Crippen LogP contribution in [0.3, 0.4) is 0 Å². The summed E-state index contributed by atoms with van der Waals surface area (Å²) in [5, 5.41) is 10.8. The Balaban J connectivity index is 2.11. The number of allylic oxidation sites excluding steroid dienone is 1. The third-order valence-electron chi connectivity index (χ3n) is 5.31. The number of carbonyl (C=O) groups is 1. The highest BCUT2D eigenvalue weighted by Gasteiger charge is 2.53. The van der Waals surface area contributed by atoms with Crippen LogP contribution in [0.5, 0.6) is 0 Å². The van der Waals surface area contributed by atoms with E-state index in [4.69, 9.17) is 4.74 Å². The molecule has 0 aromatic heterocycles. The zero-order valence-electron chi connectivity index (χ0n) is 11.2. The zero-order valence-corrected chi connectivity index (χ0v) is 11.2. The Morgan fingerprint density at radius 1 is 1.50 bits per heavy atom. The smallest absolute Gasteiger partial charge is 0.334 e. The summed E-state index contributed by atoms with van der Waals surface area (Å²) in [5.41, 5.74) is 2.49. The largest absolute Gasteiger partial charge is 0.454 e. The molecule has 0 radical (unpaired) electrons. The van der Waals surface area contributed by atoms with Crippen LogP contribution in [0.1, 0.15) is 40.0 Å². The molecule has 3 rings (SSSR count). The molecule has 0 aromatic carbocycles. The first-order valence-electron chi connectivity index (χ1n) is 6.75. The highest BCUT2D eigenvalue weighted by Crippen LogP contribution is 2.54. The Hall–Kier alpha value is -1.09. The van der Waals surface area contributed by atoms with Crippen molar-refractivity contribution in [1.29, 1.82) is 0 Å². The van der Waals surface area contributed by atoms with Crippen LogP contribution in [0.15, 0.2) is 22.8 Å². The first kappa shape index (κ1) is 12.0. The lowest BCUT2D eigenvalue weighted by Crippen LogP contribution is -2.49. The normalized spacial score (nSPS) is 43.2. The Labute approximate surface area is 108 Å². The minimum Gasteiger partial charge on any atom is -0.454 e. The van der Waals surface area contributed by atoms with E-state index in [-0.39, 0.29) is 17.5 Å². The van der Waals surface area contributed by atoms with Gasteiger partial charge in [-0.05, 0) is 25.7 Å². The van der Waals surface area contributed by atoms with Crippen molar-refractivity contribution < 1.29 is 14.6 Å². The van der Waals surface area contributed by atoms with Crippen LogP contribution >= 0.6 is 0 Å². The van der Waals surface area contributed by atoms with Crippen molar-refractivity contribution >= 4 is 5.97 Å². The Kier molecular flexibility index (Phi) is 2.46. The van der Waals surface area contributed by atoms with Gasteiger partial charge in [-0.1, -0.05) is 25.5 Å². The molecule has 3 nitrogen and oxygen atoms in total. The maximum Gasteiger partial charge on any atom is 0.334 e. The molecule has 2 aliphatic carbocycles. The van der Waals surface area contributed by atoms with Crippen molar-refractivity contribution in [2.75, 3.05) is 0 Å². The number of esters is 1. The Morgan fingerprint density at radius 2 is 2.22 bits per heavy atom. The van der Waals surface area contributed by atoms with Crippen molar-refractivity contribution in [2.24, 2.45) is 11.3 Å². The minimum absolute atomic E-state index is 0.223. The van der Waals surface area contributed by atoms with Gasteiger partial charge in [0.05, 0.1) is 6.10 Å². The van der Waals surface area contributed by atoms with E-state index in [1.807, 2.05) is 0 Å². The molecule has 18 heavy (non-hydrogen) atoms. The molecule has 0 amide bonds. The monoisotopic (exact) mass is 248 g/mol. The van der Waals surface area contributed by atoms with E-state index < -0.39 is 6.10 Å². The van der Waals surface area contributed by atoms with Gasteiger partial charge in [-0.3, -0.25) is 0 Å². The van der Waals surface area contributed by atoms with Crippen molar-refractivity contribution in [3.05, 3.63) is 22.8 Å². The van der Waals surface area contributed by atoms with E-state index in [0.29, 0.717) is 11.5 Å². The summed E-state index contributed by atoms with van der Waals surface area (Å²) in [6.07, 6.45) is 4.36. The second kappa shape index (κ2) is 3.70. The van der Waals surface area contributed by atoms with E-state index >= 15 is 0 Å². The highest BCUT2D eigenvalue weighted by atomic mass is 16.5. The fourth-order valence-corrected chi connectivity index (χ4v) is 3.79. The summed E-state index contributed by atoms with van der Waals surface area (Å²) in [5.74, 6) is 0.175. The number of fused-ring (bicyclic) bond motifs is 2. The molecule has 3 heteroatoms. The average Bonchev–Trinajstić information content (AvgIpc) is 2.60. The number of hydrogen-bond donors (Lipinski definition) is 1.